The van der Waals surface area contributed by atoms with Gasteiger partial charge in [0.1, 0.15) is 0 Å². The molecule has 0 fully saturated rings. The molecule has 0 amide bonds. The average Bonchev–Trinajstić information content (AvgIpc) is 2.27. The van der Waals surface area contributed by atoms with E-state index in [0.717, 1.165) is 11.1 Å². The van der Waals surface area contributed by atoms with Crippen molar-refractivity contribution in [1.82, 2.24) is 0 Å². The van der Waals surface area contributed by atoms with Crippen LogP contribution in [0.2, 0.25) is 0 Å². The van der Waals surface area contributed by atoms with Crippen molar-refractivity contribution in [3.05, 3.63) is 47.5 Å². The molecular weight excluding hydrogens is 212 g/mol. The molecule has 0 radical (unpaired) electrons. The second kappa shape index (κ2) is 4.58. The molecule has 2 heteroatoms. The molecule has 2 aromatic carbocycles. The minimum atomic E-state index is -0.776. The number of rotatable bonds is 3. The van der Waals surface area contributed by atoms with Crippen LogP contribution in [0.25, 0.3) is 10.8 Å². The van der Waals surface area contributed by atoms with Crippen LogP contribution in [0.4, 0.5) is 0 Å². The van der Waals surface area contributed by atoms with E-state index in [0.29, 0.717) is 5.92 Å². The summed E-state index contributed by atoms with van der Waals surface area (Å²) in [7, 11) is 0. The van der Waals surface area contributed by atoms with E-state index in [1.165, 1.54) is 10.8 Å². The van der Waals surface area contributed by atoms with Gasteiger partial charge in [-0.05, 0) is 27.8 Å². The van der Waals surface area contributed by atoms with Crippen molar-refractivity contribution in [3.8, 4) is 0 Å². The van der Waals surface area contributed by atoms with Crippen molar-refractivity contribution >= 4 is 16.7 Å². The Labute approximate surface area is 101 Å². The minimum Gasteiger partial charge on any atom is -0.481 e. The maximum absolute atomic E-state index is 10.9. The van der Waals surface area contributed by atoms with Gasteiger partial charge >= 0.3 is 5.97 Å². The zero-order valence-corrected chi connectivity index (χ0v) is 10.1. The Morgan fingerprint density at radius 2 is 1.88 bits per heavy atom. The summed E-state index contributed by atoms with van der Waals surface area (Å²) < 4.78 is 0. The third-order valence-corrected chi connectivity index (χ3v) is 2.98. The molecule has 17 heavy (non-hydrogen) atoms. The summed E-state index contributed by atoms with van der Waals surface area (Å²) >= 11 is 0. The second-order valence-corrected chi connectivity index (χ2v) is 4.58. The molecular formula is C15H16O2. The fourth-order valence-corrected chi connectivity index (χ4v) is 2.34. The summed E-state index contributed by atoms with van der Waals surface area (Å²) in [6.07, 6.45) is 0.0956. The van der Waals surface area contributed by atoms with Crippen LogP contribution in [0.3, 0.4) is 0 Å². The number of carboxylic acids is 1. The van der Waals surface area contributed by atoms with Crippen molar-refractivity contribution in [3.63, 3.8) is 0 Å². The molecule has 0 unspecified atom stereocenters. The van der Waals surface area contributed by atoms with E-state index >= 15 is 0 Å². The molecule has 1 N–H and O–H groups in total. The highest BCUT2D eigenvalue weighted by molar-refractivity contribution is 5.88. The van der Waals surface area contributed by atoms with E-state index in [1.807, 2.05) is 24.3 Å². The van der Waals surface area contributed by atoms with Crippen LogP contribution in [0.15, 0.2) is 36.4 Å². The fraction of sp³-hybridized carbons (Fsp3) is 0.267. The summed E-state index contributed by atoms with van der Waals surface area (Å²) in [6, 6.07) is 12.1. The number of carbonyl (C=O) groups is 1. The van der Waals surface area contributed by atoms with Crippen molar-refractivity contribution in [1.29, 1.82) is 0 Å². The summed E-state index contributed by atoms with van der Waals surface area (Å²) in [6.45, 7) is 4.21. The van der Waals surface area contributed by atoms with E-state index in [-0.39, 0.29) is 6.42 Å². The van der Waals surface area contributed by atoms with E-state index in [9.17, 15) is 4.79 Å². The van der Waals surface area contributed by atoms with Crippen molar-refractivity contribution < 1.29 is 9.90 Å². The fourth-order valence-electron chi connectivity index (χ4n) is 2.34. The molecule has 0 heterocycles. The molecule has 0 aliphatic carbocycles. The zero-order valence-electron chi connectivity index (χ0n) is 10.1. The lowest BCUT2D eigenvalue weighted by atomic mass is 9.90. The molecule has 2 aromatic rings. The third-order valence-electron chi connectivity index (χ3n) is 2.98. The first kappa shape index (κ1) is 11.6. The number of benzene rings is 2. The van der Waals surface area contributed by atoms with E-state index in [2.05, 4.69) is 26.0 Å². The Morgan fingerprint density at radius 3 is 2.53 bits per heavy atom. The third kappa shape index (κ3) is 2.31. The highest BCUT2D eigenvalue weighted by Gasteiger charge is 2.12. The lowest BCUT2D eigenvalue weighted by Crippen LogP contribution is -2.05. The Balaban J connectivity index is 2.68. The van der Waals surface area contributed by atoms with Gasteiger partial charge in [0.25, 0.3) is 0 Å². The van der Waals surface area contributed by atoms with Crippen LogP contribution >= 0.6 is 0 Å². The first-order valence-corrected chi connectivity index (χ1v) is 5.82. The van der Waals surface area contributed by atoms with Crippen LogP contribution < -0.4 is 0 Å². The molecule has 0 aliphatic heterocycles. The van der Waals surface area contributed by atoms with Gasteiger partial charge < -0.3 is 5.11 Å². The monoisotopic (exact) mass is 228 g/mol. The van der Waals surface area contributed by atoms with Gasteiger partial charge in [-0.1, -0.05) is 50.2 Å². The van der Waals surface area contributed by atoms with Crippen LogP contribution in [-0.4, -0.2) is 11.1 Å². The topological polar surface area (TPSA) is 37.3 Å². The molecule has 0 aliphatic rings. The second-order valence-electron chi connectivity index (χ2n) is 4.58. The lowest BCUT2D eigenvalue weighted by molar-refractivity contribution is -0.136. The van der Waals surface area contributed by atoms with E-state index in [4.69, 9.17) is 5.11 Å². The van der Waals surface area contributed by atoms with Gasteiger partial charge in [-0.15, -0.1) is 0 Å². The lowest BCUT2D eigenvalue weighted by Gasteiger charge is -2.15. The van der Waals surface area contributed by atoms with E-state index < -0.39 is 5.97 Å². The highest BCUT2D eigenvalue weighted by Crippen LogP contribution is 2.29. The largest absolute Gasteiger partial charge is 0.481 e. The Hall–Kier alpha value is -1.83. The zero-order chi connectivity index (χ0) is 12.4. The SMILES string of the molecule is CC(C)c1c(CC(=O)O)ccc2ccccc12. The van der Waals surface area contributed by atoms with Gasteiger partial charge in [0.2, 0.25) is 0 Å². The van der Waals surface area contributed by atoms with Gasteiger partial charge in [0, 0.05) is 0 Å². The molecule has 2 rings (SSSR count). The smallest absolute Gasteiger partial charge is 0.307 e. The number of carboxylic acid groups (broad SMARTS) is 1. The molecule has 88 valence electrons. The summed E-state index contributed by atoms with van der Waals surface area (Å²) in [5, 5.41) is 11.3. The highest BCUT2D eigenvalue weighted by atomic mass is 16.4. The molecule has 0 saturated carbocycles. The summed E-state index contributed by atoms with van der Waals surface area (Å²) in [5.41, 5.74) is 2.08. The van der Waals surface area contributed by atoms with Gasteiger partial charge in [-0.25, -0.2) is 0 Å². The number of hydrogen-bond acceptors (Lipinski definition) is 1. The first-order chi connectivity index (χ1) is 8.09. The van der Waals surface area contributed by atoms with Crippen molar-refractivity contribution in [2.75, 3.05) is 0 Å². The van der Waals surface area contributed by atoms with Crippen molar-refractivity contribution in [2.24, 2.45) is 0 Å². The van der Waals surface area contributed by atoms with Crippen molar-refractivity contribution in [2.45, 2.75) is 26.2 Å². The Kier molecular flexibility index (Phi) is 3.14. The minimum absolute atomic E-state index is 0.0956. The van der Waals surface area contributed by atoms with Gasteiger partial charge in [0.05, 0.1) is 6.42 Å². The van der Waals surface area contributed by atoms with Crippen LogP contribution in [-0.2, 0) is 11.2 Å². The first-order valence-electron chi connectivity index (χ1n) is 5.82. The molecule has 0 spiro atoms. The number of aliphatic carboxylic acids is 1. The maximum Gasteiger partial charge on any atom is 0.307 e. The average molecular weight is 228 g/mol. The molecule has 2 nitrogen and oxygen atoms in total. The Morgan fingerprint density at radius 1 is 1.18 bits per heavy atom. The van der Waals surface area contributed by atoms with Gasteiger partial charge in [-0.2, -0.15) is 0 Å². The van der Waals surface area contributed by atoms with Crippen LogP contribution in [0.5, 0.6) is 0 Å². The quantitative estimate of drug-likeness (QED) is 0.871. The summed E-state index contributed by atoms with van der Waals surface area (Å²) in [5.74, 6) is -0.447. The normalized spacial score (nSPS) is 11.0. The van der Waals surface area contributed by atoms with Crippen LogP contribution in [0.1, 0.15) is 30.9 Å². The maximum atomic E-state index is 10.9. The van der Waals surface area contributed by atoms with Gasteiger partial charge in [0.15, 0.2) is 0 Å². The molecule has 0 atom stereocenters. The molecule has 0 bridgehead atoms. The van der Waals surface area contributed by atoms with Gasteiger partial charge in [-0.3, -0.25) is 4.79 Å². The number of hydrogen-bond donors (Lipinski definition) is 1. The standard InChI is InChI=1S/C15H16O2/c1-10(2)15-12(9-14(16)17)8-7-11-5-3-4-6-13(11)15/h3-8,10H,9H2,1-2H3,(H,16,17). The number of fused-ring (bicyclic) bond motifs is 1. The Bertz CT molecular complexity index is 556. The molecule has 0 saturated heterocycles. The molecule has 0 aromatic heterocycles. The predicted molar refractivity (Wildman–Crippen MR) is 69.4 cm³/mol. The van der Waals surface area contributed by atoms with Crippen LogP contribution in [0, 0.1) is 0 Å². The predicted octanol–water partition coefficient (Wildman–Crippen LogP) is 3.59. The summed E-state index contributed by atoms with van der Waals surface area (Å²) in [4.78, 5) is 10.9. The van der Waals surface area contributed by atoms with E-state index in [1.54, 1.807) is 0 Å².